The van der Waals surface area contributed by atoms with E-state index in [0.29, 0.717) is 11.8 Å². The van der Waals surface area contributed by atoms with Crippen LogP contribution < -0.4 is 5.32 Å². The topological polar surface area (TPSA) is 51.0 Å². The third-order valence-corrected chi connectivity index (χ3v) is 3.60. The van der Waals surface area contributed by atoms with Crippen molar-refractivity contribution >= 4 is 0 Å². The van der Waals surface area contributed by atoms with Crippen molar-refractivity contribution in [1.29, 1.82) is 0 Å². The molecule has 1 atom stereocenters. The van der Waals surface area contributed by atoms with Gasteiger partial charge in [-0.2, -0.15) is 0 Å². The Morgan fingerprint density at radius 3 is 2.29 bits per heavy atom. The molecule has 4 heteroatoms. The second-order valence-corrected chi connectivity index (χ2v) is 6.29. The van der Waals surface area contributed by atoms with E-state index < -0.39 is 0 Å². The lowest BCUT2D eigenvalue weighted by Crippen LogP contribution is -2.20. The molecule has 114 valence electrons. The number of hydrogen-bond donors (Lipinski definition) is 1. The number of aromatic nitrogens is 2. The van der Waals surface area contributed by atoms with Crippen LogP contribution in [-0.2, 0) is 5.41 Å². The third kappa shape index (κ3) is 3.70. The zero-order valence-electron chi connectivity index (χ0n) is 13.6. The highest BCUT2D eigenvalue weighted by atomic mass is 16.4. The molecule has 2 rings (SSSR count). The van der Waals surface area contributed by atoms with E-state index in [4.69, 9.17) is 4.42 Å². The largest absolute Gasteiger partial charge is 0.419 e. The fourth-order valence-corrected chi connectivity index (χ4v) is 2.26. The van der Waals surface area contributed by atoms with Gasteiger partial charge in [0.15, 0.2) is 0 Å². The van der Waals surface area contributed by atoms with E-state index in [2.05, 4.69) is 62.3 Å². The summed E-state index contributed by atoms with van der Waals surface area (Å²) in [5.74, 6) is 1.25. The zero-order chi connectivity index (χ0) is 15.5. The monoisotopic (exact) mass is 287 g/mol. The summed E-state index contributed by atoms with van der Waals surface area (Å²) in [6.45, 7) is 11.7. The van der Waals surface area contributed by atoms with Gasteiger partial charge >= 0.3 is 0 Å². The minimum absolute atomic E-state index is 0.130. The predicted molar refractivity (Wildman–Crippen MR) is 85.1 cm³/mol. The van der Waals surface area contributed by atoms with Crippen LogP contribution in [-0.4, -0.2) is 16.7 Å². The molecule has 1 aromatic heterocycles. The Labute approximate surface area is 127 Å². The van der Waals surface area contributed by atoms with Crippen molar-refractivity contribution in [3.05, 3.63) is 35.7 Å². The minimum atomic E-state index is 0.130. The van der Waals surface area contributed by atoms with Crippen LogP contribution in [0.3, 0.4) is 0 Å². The molecule has 1 N–H and O–H groups in total. The van der Waals surface area contributed by atoms with Crippen molar-refractivity contribution in [3.63, 3.8) is 0 Å². The first-order chi connectivity index (χ1) is 9.95. The summed E-state index contributed by atoms with van der Waals surface area (Å²) in [5, 5.41) is 11.7. The van der Waals surface area contributed by atoms with Crippen molar-refractivity contribution in [2.24, 2.45) is 0 Å². The molecular weight excluding hydrogens is 262 g/mol. The van der Waals surface area contributed by atoms with E-state index in [9.17, 15) is 0 Å². The molecule has 21 heavy (non-hydrogen) atoms. The Balaban J connectivity index is 2.21. The van der Waals surface area contributed by atoms with Crippen LogP contribution in [0.2, 0.25) is 0 Å². The van der Waals surface area contributed by atoms with Crippen LogP contribution in [0.4, 0.5) is 0 Å². The summed E-state index contributed by atoms with van der Waals surface area (Å²) in [4.78, 5) is 0. The summed E-state index contributed by atoms with van der Waals surface area (Å²) in [6, 6.07) is 8.48. The normalized spacial score (nSPS) is 13.4. The highest BCUT2D eigenvalue weighted by Crippen LogP contribution is 2.26. The van der Waals surface area contributed by atoms with Gasteiger partial charge in [0, 0.05) is 5.56 Å². The first-order valence-corrected chi connectivity index (χ1v) is 7.63. The molecule has 4 nitrogen and oxygen atoms in total. The summed E-state index contributed by atoms with van der Waals surface area (Å²) in [5.41, 5.74) is 2.41. The average Bonchev–Trinajstić information content (AvgIpc) is 2.93. The molecule has 0 aliphatic carbocycles. The number of nitrogens with zero attached hydrogens (tertiary/aromatic N) is 2. The SMILES string of the molecule is CCNC(CC)c1nnc(-c2ccc(C(C)(C)C)cc2)o1. The molecule has 0 aliphatic heterocycles. The molecule has 0 radical (unpaired) electrons. The molecule has 0 bridgehead atoms. The van der Waals surface area contributed by atoms with E-state index in [1.807, 2.05) is 12.1 Å². The molecule has 1 heterocycles. The van der Waals surface area contributed by atoms with Gasteiger partial charge in [-0.15, -0.1) is 10.2 Å². The maximum absolute atomic E-state index is 5.82. The van der Waals surface area contributed by atoms with Gasteiger partial charge < -0.3 is 9.73 Å². The van der Waals surface area contributed by atoms with Crippen molar-refractivity contribution in [3.8, 4) is 11.5 Å². The molecule has 0 saturated heterocycles. The Bertz CT molecular complexity index is 566. The van der Waals surface area contributed by atoms with Gasteiger partial charge in [-0.3, -0.25) is 0 Å². The second-order valence-electron chi connectivity index (χ2n) is 6.29. The summed E-state index contributed by atoms with van der Waals surface area (Å²) >= 11 is 0. The highest BCUT2D eigenvalue weighted by molar-refractivity contribution is 5.53. The number of benzene rings is 1. The molecule has 0 spiro atoms. The molecule has 1 unspecified atom stereocenters. The predicted octanol–water partition coefficient (Wildman–Crippen LogP) is 4.09. The molecule has 0 fully saturated rings. The highest BCUT2D eigenvalue weighted by Gasteiger charge is 2.17. The lowest BCUT2D eigenvalue weighted by molar-refractivity contribution is 0.402. The molecule has 0 saturated carbocycles. The molecule has 1 aromatic carbocycles. The third-order valence-electron chi connectivity index (χ3n) is 3.60. The van der Waals surface area contributed by atoms with E-state index in [-0.39, 0.29) is 11.5 Å². The Morgan fingerprint density at radius 1 is 1.10 bits per heavy atom. The standard InChI is InChI=1S/C17H25N3O/c1-6-14(18-7-2)16-20-19-15(21-16)12-8-10-13(11-9-12)17(3,4)5/h8-11,14,18H,6-7H2,1-5H3. The van der Waals surface area contributed by atoms with E-state index in [0.717, 1.165) is 18.5 Å². The molecule has 0 aliphatic rings. The van der Waals surface area contributed by atoms with E-state index in [1.54, 1.807) is 0 Å². The maximum atomic E-state index is 5.82. The van der Waals surface area contributed by atoms with Gasteiger partial charge in [0.25, 0.3) is 0 Å². The summed E-state index contributed by atoms with van der Waals surface area (Å²) in [7, 11) is 0. The van der Waals surface area contributed by atoms with Crippen LogP contribution in [0.1, 0.15) is 58.5 Å². The van der Waals surface area contributed by atoms with Crippen LogP contribution in [0.25, 0.3) is 11.5 Å². The van der Waals surface area contributed by atoms with Crippen LogP contribution in [0.5, 0.6) is 0 Å². The lowest BCUT2D eigenvalue weighted by Gasteiger charge is -2.18. The van der Waals surface area contributed by atoms with Crippen molar-refractivity contribution in [2.45, 2.75) is 52.5 Å². The second kappa shape index (κ2) is 6.39. The molecular formula is C17H25N3O. The first-order valence-electron chi connectivity index (χ1n) is 7.63. The summed E-state index contributed by atoms with van der Waals surface area (Å²) in [6.07, 6.45) is 0.929. The van der Waals surface area contributed by atoms with E-state index in [1.165, 1.54) is 5.56 Å². The van der Waals surface area contributed by atoms with Gasteiger partial charge in [-0.05, 0) is 36.1 Å². The number of nitrogens with one attached hydrogen (secondary N) is 1. The minimum Gasteiger partial charge on any atom is -0.419 e. The Kier molecular flexibility index (Phi) is 4.78. The smallest absolute Gasteiger partial charge is 0.247 e. The number of rotatable bonds is 5. The Morgan fingerprint density at radius 2 is 1.76 bits per heavy atom. The molecule has 2 aromatic rings. The zero-order valence-corrected chi connectivity index (χ0v) is 13.6. The average molecular weight is 287 g/mol. The fourth-order valence-electron chi connectivity index (χ4n) is 2.26. The van der Waals surface area contributed by atoms with Gasteiger partial charge in [0.1, 0.15) is 0 Å². The van der Waals surface area contributed by atoms with Crippen molar-refractivity contribution in [2.75, 3.05) is 6.54 Å². The van der Waals surface area contributed by atoms with Crippen LogP contribution in [0.15, 0.2) is 28.7 Å². The van der Waals surface area contributed by atoms with Crippen molar-refractivity contribution in [1.82, 2.24) is 15.5 Å². The van der Waals surface area contributed by atoms with Crippen LogP contribution >= 0.6 is 0 Å². The summed E-state index contributed by atoms with van der Waals surface area (Å²) < 4.78 is 5.82. The Hall–Kier alpha value is -1.68. The van der Waals surface area contributed by atoms with E-state index >= 15 is 0 Å². The molecule has 0 amide bonds. The lowest BCUT2D eigenvalue weighted by atomic mass is 9.87. The van der Waals surface area contributed by atoms with Gasteiger partial charge in [-0.25, -0.2) is 0 Å². The maximum Gasteiger partial charge on any atom is 0.247 e. The fraction of sp³-hybridized carbons (Fsp3) is 0.529. The van der Waals surface area contributed by atoms with Gasteiger partial charge in [0.05, 0.1) is 6.04 Å². The van der Waals surface area contributed by atoms with Crippen LogP contribution in [0, 0.1) is 0 Å². The van der Waals surface area contributed by atoms with Gasteiger partial charge in [0.2, 0.25) is 11.8 Å². The number of hydrogen-bond acceptors (Lipinski definition) is 4. The quantitative estimate of drug-likeness (QED) is 0.899. The van der Waals surface area contributed by atoms with Gasteiger partial charge in [-0.1, -0.05) is 46.8 Å². The first kappa shape index (κ1) is 15.7. The van der Waals surface area contributed by atoms with Crippen molar-refractivity contribution < 1.29 is 4.42 Å².